The second-order valence-corrected chi connectivity index (χ2v) is 8.42. The van der Waals surface area contributed by atoms with E-state index in [9.17, 15) is 8.42 Å². The molecule has 1 aromatic carbocycles. The van der Waals surface area contributed by atoms with Crippen LogP contribution in [0.25, 0.3) is 11.3 Å². The van der Waals surface area contributed by atoms with Crippen molar-refractivity contribution in [2.45, 2.75) is 32.6 Å². The minimum atomic E-state index is -3.78. The highest BCUT2D eigenvalue weighted by Gasteiger charge is 2.24. The quantitative estimate of drug-likeness (QED) is 0.643. The van der Waals surface area contributed by atoms with Crippen LogP contribution in [0, 0.1) is 19.8 Å². The number of sulfonamides is 1. The van der Waals surface area contributed by atoms with Gasteiger partial charge >= 0.3 is 0 Å². The molecule has 0 radical (unpaired) electrons. The van der Waals surface area contributed by atoms with Crippen LogP contribution in [0.4, 0.5) is 5.69 Å². The average Bonchev–Trinajstić information content (AvgIpc) is 3.00. The fourth-order valence-corrected chi connectivity index (χ4v) is 3.97. The van der Waals surface area contributed by atoms with Crippen molar-refractivity contribution in [3.8, 4) is 17.1 Å². The van der Waals surface area contributed by atoms with Gasteiger partial charge in [0.25, 0.3) is 10.0 Å². The minimum Gasteiger partial charge on any atom is -0.476 e. The first kappa shape index (κ1) is 19.8. The molecule has 8 nitrogen and oxygen atoms in total. The molecule has 0 fully saturated rings. The summed E-state index contributed by atoms with van der Waals surface area (Å²) in [6, 6.07) is 10.4. The maximum absolute atomic E-state index is 12.6. The van der Waals surface area contributed by atoms with Crippen molar-refractivity contribution in [3.05, 3.63) is 47.9 Å². The van der Waals surface area contributed by atoms with Crippen LogP contribution < -0.4 is 9.46 Å². The maximum Gasteiger partial charge on any atom is 0.267 e. The molecule has 2 heterocycles. The Kier molecular flexibility index (Phi) is 5.64. The van der Waals surface area contributed by atoms with Gasteiger partial charge in [-0.25, -0.2) is 8.42 Å². The highest BCUT2D eigenvalue weighted by molar-refractivity contribution is 7.92. The fourth-order valence-electron chi connectivity index (χ4n) is 2.58. The van der Waals surface area contributed by atoms with Gasteiger partial charge in [-0.2, -0.15) is 0 Å². The van der Waals surface area contributed by atoms with Crippen molar-refractivity contribution in [1.82, 2.24) is 15.4 Å². The van der Waals surface area contributed by atoms with Gasteiger partial charge in [0.15, 0.2) is 10.7 Å². The van der Waals surface area contributed by atoms with Gasteiger partial charge in [-0.1, -0.05) is 31.1 Å². The Morgan fingerprint density at radius 3 is 2.32 bits per heavy atom. The Labute approximate surface area is 164 Å². The number of nitrogens with one attached hydrogen (secondary N) is 1. The zero-order chi connectivity index (χ0) is 20.3. The van der Waals surface area contributed by atoms with Crippen LogP contribution in [0.15, 0.2) is 45.8 Å². The summed E-state index contributed by atoms with van der Waals surface area (Å²) in [5, 5.41) is 11.9. The van der Waals surface area contributed by atoms with Gasteiger partial charge in [0, 0.05) is 17.3 Å². The van der Waals surface area contributed by atoms with Crippen molar-refractivity contribution >= 4 is 15.7 Å². The van der Waals surface area contributed by atoms with E-state index in [0.717, 1.165) is 5.56 Å². The van der Waals surface area contributed by atoms with E-state index in [1.54, 1.807) is 44.2 Å². The van der Waals surface area contributed by atoms with Crippen molar-refractivity contribution in [1.29, 1.82) is 0 Å². The molecule has 3 rings (SSSR count). The number of rotatable bonds is 7. The van der Waals surface area contributed by atoms with Crippen LogP contribution in [0.1, 0.15) is 25.3 Å². The number of benzene rings is 1. The first-order valence-corrected chi connectivity index (χ1v) is 10.3. The second-order valence-electron chi connectivity index (χ2n) is 6.80. The van der Waals surface area contributed by atoms with E-state index in [0.29, 0.717) is 35.5 Å². The molecular formula is C19H22N4O4S. The van der Waals surface area contributed by atoms with Crippen LogP contribution in [-0.2, 0) is 10.0 Å². The van der Waals surface area contributed by atoms with Crippen molar-refractivity contribution in [2.24, 2.45) is 5.92 Å². The number of ether oxygens (including phenoxy) is 1. The van der Waals surface area contributed by atoms with Gasteiger partial charge in [0.05, 0.1) is 12.3 Å². The number of nitrogens with zero attached hydrogens (tertiary/aromatic N) is 3. The summed E-state index contributed by atoms with van der Waals surface area (Å²) in [5.74, 6) is 1.13. The molecule has 9 heteroatoms. The molecule has 0 aliphatic heterocycles. The molecule has 0 saturated carbocycles. The minimum absolute atomic E-state index is 0.0550. The predicted octanol–water partition coefficient (Wildman–Crippen LogP) is 3.58. The lowest BCUT2D eigenvalue weighted by Crippen LogP contribution is -2.14. The molecular weight excluding hydrogens is 380 g/mol. The molecule has 0 atom stereocenters. The van der Waals surface area contributed by atoms with E-state index >= 15 is 0 Å². The van der Waals surface area contributed by atoms with Gasteiger partial charge in [0.1, 0.15) is 5.69 Å². The fraction of sp³-hybridized carbons (Fsp3) is 0.316. The first-order valence-electron chi connectivity index (χ1n) is 8.79. The zero-order valence-electron chi connectivity index (χ0n) is 16.1. The molecule has 0 aliphatic rings. The normalized spacial score (nSPS) is 11.6. The standard InChI is InChI=1S/C19H22N4O4S/c1-12(2)11-26-18-10-9-17(20-21-18)15-5-7-16(8-6-15)23-28(24,25)19-13(3)22-27-14(19)4/h5-10,12,23H,11H2,1-4H3. The Bertz CT molecular complexity index is 1020. The average molecular weight is 402 g/mol. The summed E-state index contributed by atoms with van der Waals surface area (Å²) in [6.45, 7) is 7.84. The van der Waals surface area contributed by atoms with Crippen LogP contribution in [-0.4, -0.2) is 30.4 Å². The van der Waals surface area contributed by atoms with Gasteiger partial charge in [0.2, 0.25) is 5.88 Å². The van der Waals surface area contributed by atoms with E-state index in [1.165, 1.54) is 0 Å². The second kappa shape index (κ2) is 7.97. The Balaban J connectivity index is 1.73. The SMILES string of the molecule is Cc1noc(C)c1S(=O)(=O)Nc1ccc(-c2ccc(OCC(C)C)nn2)cc1. The number of aryl methyl sites for hydroxylation is 2. The third kappa shape index (κ3) is 4.48. The third-order valence-electron chi connectivity index (χ3n) is 3.87. The lowest BCUT2D eigenvalue weighted by molar-refractivity contribution is 0.258. The molecule has 0 amide bonds. The topological polar surface area (TPSA) is 107 Å². The Hall–Kier alpha value is -2.94. The van der Waals surface area contributed by atoms with Gasteiger partial charge in [-0.15, -0.1) is 10.2 Å². The third-order valence-corrected chi connectivity index (χ3v) is 5.50. The summed E-state index contributed by atoms with van der Waals surface area (Å²) < 4.78 is 38.1. The number of hydrogen-bond donors (Lipinski definition) is 1. The molecule has 2 aromatic heterocycles. The lowest BCUT2D eigenvalue weighted by atomic mass is 10.1. The highest BCUT2D eigenvalue weighted by atomic mass is 32.2. The Morgan fingerprint density at radius 1 is 1.07 bits per heavy atom. The van der Waals surface area contributed by atoms with Gasteiger partial charge in [-0.3, -0.25) is 4.72 Å². The predicted molar refractivity (Wildman–Crippen MR) is 105 cm³/mol. The molecule has 3 aromatic rings. The molecule has 0 unspecified atom stereocenters. The van der Waals surface area contributed by atoms with E-state index in [4.69, 9.17) is 9.26 Å². The number of anilines is 1. The monoisotopic (exact) mass is 402 g/mol. The summed E-state index contributed by atoms with van der Waals surface area (Å²) in [6.07, 6.45) is 0. The first-order chi connectivity index (χ1) is 13.3. The van der Waals surface area contributed by atoms with Crippen LogP contribution in [0.5, 0.6) is 5.88 Å². The van der Waals surface area contributed by atoms with Gasteiger partial charge < -0.3 is 9.26 Å². The van der Waals surface area contributed by atoms with Gasteiger partial charge in [-0.05, 0) is 38.0 Å². The Morgan fingerprint density at radius 2 is 1.79 bits per heavy atom. The smallest absolute Gasteiger partial charge is 0.267 e. The molecule has 1 N–H and O–H groups in total. The molecule has 148 valence electrons. The lowest BCUT2D eigenvalue weighted by Gasteiger charge is -2.09. The summed E-state index contributed by atoms with van der Waals surface area (Å²) >= 11 is 0. The van der Waals surface area contributed by atoms with Crippen LogP contribution in [0.2, 0.25) is 0 Å². The largest absolute Gasteiger partial charge is 0.476 e. The summed E-state index contributed by atoms with van der Waals surface area (Å²) in [7, 11) is -3.78. The number of hydrogen-bond acceptors (Lipinski definition) is 7. The van der Waals surface area contributed by atoms with Crippen molar-refractivity contribution in [2.75, 3.05) is 11.3 Å². The van der Waals surface area contributed by atoms with Crippen LogP contribution in [0.3, 0.4) is 0 Å². The van der Waals surface area contributed by atoms with Crippen molar-refractivity contribution in [3.63, 3.8) is 0 Å². The molecule has 0 bridgehead atoms. The van der Waals surface area contributed by atoms with Crippen molar-refractivity contribution < 1.29 is 17.7 Å². The summed E-state index contributed by atoms with van der Waals surface area (Å²) in [4.78, 5) is 0.0550. The molecule has 0 spiro atoms. The molecule has 28 heavy (non-hydrogen) atoms. The number of aromatic nitrogens is 3. The summed E-state index contributed by atoms with van der Waals surface area (Å²) in [5.41, 5.74) is 2.21. The molecule has 0 aliphatic carbocycles. The zero-order valence-corrected chi connectivity index (χ0v) is 16.9. The van der Waals surface area contributed by atoms with E-state index in [1.807, 2.05) is 6.07 Å². The van der Waals surface area contributed by atoms with E-state index < -0.39 is 10.0 Å². The molecule has 0 saturated heterocycles. The van der Waals surface area contributed by atoms with E-state index in [-0.39, 0.29) is 10.7 Å². The van der Waals surface area contributed by atoms with Crippen LogP contribution >= 0.6 is 0 Å². The van der Waals surface area contributed by atoms with E-state index in [2.05, 4.69) is 33.9 Å². The maximum atomic E-state index is 12.6. The highest BCUT2D eigenvalue weighted by Crippen LogP contribution is 2.24.